The number of fused-ring (bicyclic) bond motifs is 1. The van der Waals surface area contributed by atoms with Crippen molar-refractivity contribution in [3.8, 4) is 10.4 Å². The Morgan fingerprint density at radius 2 is 1.77 bits per heavy atom. The van der Waals surface area contributed by atoms with Crippen molar-refractivity contribution in [2.75, 3.05) is 5.75 Å². The van der Waals surface area contributed by atoms with Gasteiger partial charge in [0.1, 0.15) is 5.25 Å². The van der Waals surface area contributed by atoms with Crippen LogP contribution >= 0.6 is 22.7 Å². The molecule has 1 aliphatic heterocycles. The Balaban J connectivity index is 1.75. The summed E-state index contributed by atoms with van der Waals surface area (Å²) in [6, 6.07) is 12.4. The highest BCUT2D eigenvalue weighted by Gasteiger charge is 2.32. The summed E-state index contributed by atoms with van der Waals surface area (Å²) in [5, 5.41) is 4.06. The lowest BCUT2D eigenvalue weighted by Gasteiger charge is -2.19. The van der Waals surface area contributed by atoms with Crippen molar-refractivity contribution in [2.45, 2.75) is 19.3 Å². The van der Waals surface area contributed by atoms with E-state index in [-0.39, 0.29) is 0 Å². The van der Waals surface area contributed by atoms with Gasteiger partial charge in [0, 0.05) is 30.8 Å². The van der Waals surface area contributed by atoms with Crippen LogP contribution in [-0.2, 0) is 9.84 Å². The molecule has 0 atom stereocenters. The molecule has 4 rings (SSSR count). The zero-order chi connectivity index (χ0) is 15.2. The van der Waals surface area contributed by atoms with Gasteiger partial charge < -0.3 is 0 Å². The third-order valence-corrected chi connectivity index (χ3v) is 8.34. The molecule has 1 radical (unpaired) electrons. The van der Waals surface area contributed by atoms with Crippen LogP contribution < -0.4 is 0 Å². The lowest BCUT2D eigenvalue weighted by atomic mass is 10.1. The van der Waals surface area contributed by atoms with E-state index < -0.39 is 9.84 Å². The largest absolute Gasteiger partial charge is 0.228 e. The van der Waals surface area contributed by atoms with Gasteiger partial charge in [0.2, 0.25) is 0 Å². The minimum Gasteiger partial charge on any atom is -0.228 e. The third kappa shape index (κ3) is 2.41. The van der Waals surface area contributed by atoms with Gasteiger partial charge >= 0.3 is 0 Å². The van der Waals surface area contributed by atoms with E-state index in [0.29, 0.717) is 17.4 Å². The monoisotopic (exact) mass is 347 g/mol. The summed E-state index contributed by atoms with van der Waals surface area (Å²) < 4.78 is 25.8. The first-order chi connectivity index (χ1) is 10.6. The quantitative estimate of drug-likeness (QED) is 0.645. The molecule has 22 heavy (non-hydrogen) atoms. The van der Waals surface area contributed by atoms with Gasteiger partial charge in [0.15, 0.2) is 9.84 Å². The van der Waals surface area contributed by atoms with Gasteiger partial charge in [-0.1, -0.05) is 24.6 Å². The Kier molecular flexibility index (Phi) is 3.59. The maximum atomic E-state index is 12.3. The molecule has 113 valence electrons. The van der Waals surface area contributed by atoms with Crippen LogP contribution in [0, 0.1) is 5.25 Å². The Morgan fingerprint density at radius 1 is 0.955 bits per heavy atom. The second-order valence-corrected chi connectivity index (χ2v) is 9.63. The molecule has 0 N–H and O–H groups in total. The van der Waals surface area contributed by atoms with Crippen LogP contribution in [-0.4, -0.2) is 14.2 Å². The van der Waals surface area contributed by atoms with Gasteiger partial charge in [-0.25, -0.2) is 8.42 Å². The Bertz CT molecular complexity index is 918. The molecule has 0 bridgehead atoms. The lowest BCUT2D eigenvalue weighted by molar-refractivity contribution is 0.578. The molecular formula is C17H15O2S3. The molecule has 1 saturated heterocycles. The maximum absolute atomic E-state index is 12.3. The molecule has 0 saturated carbocycles. The first kappa shape index (κ1) is 14.4. The number of rotatable bonds is 2. The minimum atomic E-state index is -3.04. The van der Waals surface area contributed by atoms with Crippen molar-refractivity contribution in [3.05, 3.63) is 51.9 Å². The summed E-state index contributed by atoms with van der Waals surface area (Å²) in [5.74, 6) is 0.303. The van der Waals surface area contributed by atoms with Gasteiger partial charge in [-0.3, -0.25) is 0 Å². The van der Waals surface area contributed by atoms with Crippen molar-refractivity contribution in [3.63, 3.8) is 0 Å². The molecule has 0 aliphatic carbocycles. The van der Waals surface area contributed by atoms with E-state index in [2.05, 4.69) is 23.6 Å². The lowest BCUT2D eigenvalue weighted by Crippen LogP contribution is -2.21. The van der Waals surface area contributed by atoms with Gasteiger partial charge in [0.05, 0.1) is 5.75 Å². The van der Waals surface area contributed by atoms with E-state index in [0.717, 1.165) is 22.6 Å². The number of hydrogen-bond acceptors (Lipinski definition) is 4. The molecule has 3 aromatic rings. The van der Waals surface area contributed by atoms with E-state index in [9.17, 15) is 8.42 Å². The average molecular weight is 348 g/mol. The van der Waals surface area contributed by atoms with Crippen molar-refractivity contribution in [1.29, 1.82) is 0 Å². The SMILES string of the molecule is O=S1(=O)CCCC[C]1c1ccc(-c2csc3ccccc23)s1. The standard InChI is InChI=1S/C17H15O2S3/c18-22(19)10-4-3-7-17(22)16-9-8-15(21-16)13-11-20-14-6-2-1-5-12(13)14/h1-2,5-6,8-9,11H,3-4,7,10H2. The topological polar surface area (TPSA) is 34.1 Å². The normalized spacial score (nSPS) is 18.7. The number of benzene rings is 1. The number of sulfone groups is 1. The second kappa shape index (κ2) is 5.48. The highest BCUT2D eigenvalue weighted by molar-refractivity contribution is 7.94. The zero-order valence-electron chi connectivity index (χ0n) is 11.9. The number of thiophene rings is 2. The highest BCUT2D eigenvalue weighted by Crippen LogP contribution is 2.42. The van der Waals surface area contributed by atoms with Crippen LogP contribution in [0.5, 0.6) is 0 Å². The van der Waals surface area contributed by atoms with Crippen molar-refractivity contribution in [1.82, 2.24) is 0 Å². The summed E-state index contributed by atoms with van der Waals surface area (Å²) in [4.78, 5) is 2.07. The van der Waals surface area contributed by atoms with Crippen molar-refractivity contribution < 1.29 is 8.42 Å². The van der Waals surface area contributed by atoms with Crippen molar-refractivity contribution in [2.24, 2.45) is 0 Å². The van der Waals surface area contributed by atoms with E-state index in [1.165, 1.54) is 15.6 Å². The molecule has 5 heteroatoms. The molecule has 2 nitrogen and oxygen atoms in total. The van der Waals surface area contributed by atoms with Crippen LogP contribution in [0.4, 0.5) is 0 Å². The molecule has 2 aromatic heterocycles. The Hall–Kier alpha value is -1.17. The van der Waals surface area contributed by atoms with Crippen LogP contribution in [0.2, 0.25) is 0 Å². The van der Waals surface area contributed by atoms with E-state index in [4.69, 9.17) is 0 Å². The molecule has 0 spiro atoms. The third-order valence-electron chi connectivity index (χ3n) is 4.07. The smallest absolute Gasteiger partial charge is 0.162 e. The van der Waals surface area contributed by atoms with Crippen LogP contribution in [0.3, 0.4) is 0 Å². The molecule has 1 aromatic carbocycles. The van der Waals surface area contributed by atoms with Gasteiger partial charge in [-0.05, 0) is 31.0 Å². The second-order valence-electron chi connectivity index (χ2n) is 5.51. The summed E-state index contributed by atoms with van der Waals surface area (Å²) in [6.07, 6.45) is 2.45. The summed E-state index contributed by atoms with van der Waals surface area (Å²) >= 11 is 3.34. The van der Waals surface area contributed by atoms with E-state index in [1.54, 1.807) is 22.7 Å². The zero-order valence-corrected chi connectivity index (χ0v) is 14.4. The molecular weight excluding hydrogens is 332 g/mol. The fourth-order valence-electron chi connectivity index (χ4n) is 2.93. The van der Waals surface area contributed by atoms with E-state index >= 15 is 0 Å². The molecule has 3 heterocycles. The predicted molar refractivity (Wildman–Crippen MR) is 95.1 cm³/mol. The fraction of sp³-hybridized carbons (Fsp3) is 0.235. The summed E-state index contributed by atoms with van der Waals surface area (Å²) in [7, 11) is -3.04. The van der Waals surface area contributed by atoms with Gasteiger partial charge in [-0.2, -0.15) is 0 Å². The highest BCUT2D eigenvalue weighted by atomic mass is 32.2. The first-order valence-electron chi connectivity index (χ1n) is 7.30. The molecule has 0 unspecified atom stereocenters. The predicted octanol–water partition coefficient (Wildman–Crippen LogP) is 5.11. The molecule has 1 aliphatic rings. The summed E-state index contributed by atoms with van der Waals surface area (Å²) in [6.45, 7) is 0. The van der Waals surface area contributed by atoms with Crippen LogP contribution in [0.1, 0.15) is 24.1 Å². The number of hydrogen-bond donors (Lipinski definition) is 0. The summed E-state index contributed by atoms with van der Waals surface area (Å²) in [5.41, 5.74) is 1.21. The molecule has 1 fully saturated rings. The molecule has 0 amide bonds. The van der Waals surface area contributed by atoms with Gasteiger partial charge in [-0.15, -0.1) is 22.7 Å². The van der Waals surface area contributed by atoms with Gasteiger partial charge in [0.25, 0.3) is 0 Å². The van der Waals surface area contributed by atoms with E-state index in [1.807, 2.05) is 18.2 Å². The maximum Gasteiger partial charge on any atom is 0.162 e. The Morgan fingerprint density at radius 3 is 2.64 bits per heavy atom. The fourth-order valence-corrected chi connectivity index (χ4v) is 7.14. The van der Waals surface area contributed by atoms with Crippen molar-refractivity contribution >= 4 is 42.6 Å². The van der Waals surface area contributed by atoms with Crippen LogP contribution in [0.25, 0.3) is 20.5 Å². The first-order valence-corrected chi connectivity index (χ1v) is 10.7. The minimum absolute atomic E-state index is 0.303. The van der Waals surface area contributed by atoms with Crippen LogP contribution in [0.15, 0.2) is 41.8 Å². The average Bonchev–Trinajstić information content (AvgIpc) is 3.12. The Labute approximate surface area is 138 Å².